The molecule has 0 fully saturated rings. The molecule has 0 spiro atoms. The molecule has 0 radical (unpaired) electrons. The topological polar surface area (TPSA) is 35.0 Å². The summed E-state index contributed by atoms with van der Waals surface area (Å²) in [4.78, 5) is 9.45. The van der Waals surface area contributed by atoms with E-state index in [0.29, 0.717) is 23.3 Å². The van der Waals surface area contributed by atoms with Crippen LogP contribution in [0.15, 0.2) is 35.2 Å². The summed E-state index contributed by atoms with van der Waals surface area (Å²) >= 11 is 7.45. The highest BCUT2D eigenvalue weighted by Crippen LogP contribution is 2.22. The largest absolute Gasteiger partial charge is 0.378 e. The number of thioether (sulfide) groups is 1. The number of nitrogens with zero attached hydrogens (tertiary/aromatic N) is 2. The van der Waals surface area contributed by atoms with Crippen LogP contribution in [-0.4, -0.2) is 17.1 Å². The highest BCUT2D eigenvalue weighted by molar-refractivity contribution is 7.98. The van der Waals surface area contributed by atoms with Gasteiger partial charge in [0.2, 0.25) is 0 Å². The van der Waals surface area contributed by atoms with E-state index in [-0.39, 0.29) is 5.82 Å². The van der Waals surface area contributed by atoms with Crippen LogP contribution >= 0.6 is 23.4 Å². The van der Waals surface area contributed by atoms with Crippen LogP contribution < -0.4 is 0 Å². The zero-order valence-electron chi connectivity index (χ0n) is 10.3. The molecular formula is C13H12ClFN2OS. The van der Waals surface area contributed by atoms with E-state index in [2.05, 4.69) is 9.97 Å². The fourth-order valence-electron chi connectivity index (χ4n) is 1.48. The second-order valence-electron chi connectivity index (χ2n) is 3.77. The minimum absolute atomic E-state index is 0.245. The van der Waals surface area contributed by atoms with Crippen molar-refractivity contribution in [2.75, 3.05) is 7.11 Å². The lowest BCUT2D eigenvalue weighted by atomic mass is 10.4. The molecule has 0 aliphatic rings. The van der Waals surface area contributed by atoms with Crippen LogP contribution in [0.25, 0.3) is 0 Å². The van der Waals surface area contributed by atoms with Crippen LogP contribution in [0.4, 0.5) is 4.39 Å². The number of ether oxygens (including phenoxy) is 1. The van der Waals surface area contributed by atoms with E-state index >= 15 is 0 Å². The smallest absolute Gasteiger partial charge is 0.140 e. The lowest BCUT2D eigenvalue weighted by molar-refractivity contribution is 0.181. The van der Waals surface area contributed by atoms with E-state index < -0.39 is 0 Å². The van der Waals surface area contributed by atoms with E-state index in [1.165, 1.54) is 23.9 Å². The number of rotatable bonds is 5. The maximum Gasteiger partial charge on any atom is 0.140 e. The van der Waals surface area contributed by atoms with Crippen molar-refractivity contribution in [3.63, 3.8) is 0 Å². The van der Waals surface area contributed by atoms with Crippen LogP contribution in [0.5, 0.6) is 0 Å². The van der Waals surface area contributed by atoms with Gasteiger partial charge in [0.15, 0.2) is 0 Å². The Labute approximate surface area is 120 Å². The molecule has 0 aliphatic heterocycles. The van der Waals surface area contributed by atoms with Crippen molar-refractivity contribution < 1.29 is 9.13 Å². The Bertz CT molecular complexity index is 551. The van der Waals surface area contributed by atoms with Gasteiger partial charge in [-0.3, -0.25) is 0 Å². The fourth-order valence-corrected chi connectivity index (χ4v) is 2.46. The fraction of sp³-hybridized carbons (Fsp3) is 0.231. The second-order valence-corrected chi connectivity index (χ2v) is 5.21. The van der Waals surface area contributed by atoms with Gasteiger partial charge in [0, 0.05) is 12.0 Å². The molecule has 0 aliphatic carbocycles. The highest BCUT2D eigenvalue weighted by atomic mass is 35.5. The molecule has 6 heteroatoms. The third-order valence-corrected chi connectivity index (χ3v) is 3.47. The molecule has 3 nitrogen and oxygen atoms in total. The molecule has 0 atom stereocenters. The Morgan fingerprint density at radius 2 is 2.00 bits per heavy atom. The molecule has 0 saturated heterocycles. The van der Waals surface area contributed by atoms with Gasteiger partial charge in [0.05, 0.1) is 18.1 Å². The maximum absolute atomic E-state index is 12.8. The first kappa shape index (κ1) is 14.2. The van der Waals surface area contributed by atoms with Crippen LogP contribution in [0.3, 0.4) is 0 Å². The Kier molecular flexibility index (Phi) is 5.13. The van der Waals surface area contributed by atoms with Crippen molar-refractivity contribution in [2.45, 2.75) is 17.3 Å². The normalized spacial score (nSPS) is 10.7. The molecule has 100 valence electrons. The lowest BCUT2D eigenvalue weighted by Crippen LogP contribution is -1.99. The summed E-state index contributed by atoms with van der Waals surface area (Å²) in [6.45, 7) is 0.399. The van der Waals surface area contributed by atoms with E-state index in [4.69, 9.17) is 16.3 Å². The minimum Gasteiger partial charge on any atom is -0.378 e. The summed E-state index contributed by atoms with van der Waals surface area (Å²) in [5.74, 6) is 0.961. The van der Waals surface area contributed by atoms with Gasteiger partial charge in [-0.1, -0.05) is 11.6 Å². The predicted molar refractivity (Wildman–Crippen MR) is 73.7 cm³/mol. The summed E-state index contributed by atoms with van der Waals surface area (Å²) in [5, 5.41) is 0.400. The van der Waals surface area contributed by atoms with E-state index in [9.17, 15) is 4.39 Å². The first-order chi connectivity index (χ1) is 9.17. The number of hydrogen-bond donors (Lipinski definition) is 0. The van der Waals surface area contributed by atoms with Gasteiger partial charge in [-0.2, -0.15) is 0 Å². The van der Waals surface area contributed by atoms with Crippen molar-refractivity contribution in [2.24, 2.45) is 0 Å². The average molecular weight is 299 g/mol. The average Bonchev–Trinajstić information content (AvgIpc) is 2.38. The van der Waals surface area contributed by atoms with Gasteiger partial charge in [-0.05, 0) is 30.3 Å². The summed E-state index contributed by atoms with van der Waals surface area (Å²) in [5.41, 5.74) is 0.747. The summed E-state index contributed by atoms with van der Waals surface area (Å²) in [6.07, 6.45) is 0. The van der Waals surface area contributed by atoms with Crippen molar-refractivity contribution >= 4 is 23.4 Å². The molecule has 19 heavy (non-hydrogen) atoms. The molecule has 0 bridgehead atoms. The number of methoxy groups -OCH3 is 1. The highest BCUT2D eigenvalue weighted by Gasteiger charge is 2.04. The quantitative estimate of drug-likeness (QED) is 0.623. The minimum atomic E-state index is -0.245. The molecule has 2 rings (SSSR count). The van der Waals surface area contributed by atoms with Crippen molar-refractivity contribution in [3.05, 3.63) is 52.8 Å². The monoisotopic (exact) mass is 298 g/mol. The predicted octanol–water partition coefficient (Wildman–Crippen LogP) is 3.71. The Morgan fingerprint density at radius 1 is 1.26 bits per heavy atom. The zero-order chi connectivity index (χ0) is 13.7. The van der Waals surface area contributed by atoms with Gasteiger partial charge in [0.25, 0.3) is 0 Å². The Morgan fingerprint density at radius 3 is 2.68 bits per heavy atom. The van der Waals surface area contributed by atoms with Crippen LogP contribution in [-0.2, 0) is 17.1 Å². The van der Waals surface area contributed by atoms with Gasteiger partial charge < -0.3 is 4.74 Å². The van der Waals surface area contributed by atoms with Crippen molar-refractivity contribution in [1.82, 2.24) is 9.97 Å². The van der Waals surface area contributed by atoms with Crippen LogP contribution in [0, 0.1) is 5.82 Å². The molecule has 1 heterocycles. The number of aromatic nitrogens is 2. The zero-order valence-corrected chi connectivity index (χ0v) is 11.8. The number of halogens is 2. The third-order valence-electron chi connectivity index (χ3n) is 2.27. The second kappa shape index (κ2) is 6.84. The number of hydrogen-bond acceptors (Lipinski definition) is 4. The molecular weight excluding hydrogens is 287 g/mol. The molecule has 0 unspecified atom stereocenters. The van der Waals surface area contributed by atoms with Crippen LogP contribution in [0.2, 0.25) is 5.15 Å². The summed E-state index contributed by atoms with van der Waals surface area (Å²) < 4.78 is 17.8. The summed E-state index contributed by atoms with van der Waals surface area (Å²) in [7, 11) is 1.60. The first-order valence-corrected chi connectivity index (χ1v) is 6.93. The molecule has 0 N–H and O–H groups in total. The Balaban J connectivity index is 2.04. The van der Waals surface area contributed by atoms with Gasteiger partial charge >= 0.3 is 0 Å². The van der Waals surface area contributed by atoms with Gasteiger partial charge in [-0.25, -0.2) is 14.4 Å². The molecule has 0 amide bonds. The van der Waals surface area contributed by atoms with Crippen molar-refractivity contribution in [3.8, 4) is 0 Å². The SMILES string of the molecule is COCc1cc(Cl)nc(CSc2ccc(F)cc2)n1. The molecule has 0 saturated carbocycles. The third kappa shape index (κ3) is 4.45. The Hall–Kier alpha value is -1.17. The molecule has 1 aromatic heterocycles. The van der Waals surface area contributed by atoms with Crippen molar-refractivity contribution in [1.29, 1.82) is 0 Å². The lowest BCUT2D eigenvalue weighted by Gasteiger charge is -2.04. The van der Waals surface area contributed by atoms with E-state index in [1.54, 1.807) is 25.3 Å². The van der Waals surface area contributed by atoms with E-state index in [0.717, 1.165) is 10.6 Å². The van der Waals surface area contributed by atoms with Crippen LogP contribution in [0.1, 0.15) is 11.5 Å². The molecule has 2 aromatic rings. The first-order valence-electron chi connectivity index (χ1n) is 5.57. The van der Waals surface area contributed by atoms with E-state index in [1.807, 2.05) is 0 Å². The number of benzene rings is 1. The summed E-state index contributed by atoms with van der Waals surface area (Å²) in [6, 6.07) is 7.98. The standard InChI is InChI=1S/C13H12ClFN2OS/c1-18-7-10-6-12(14)17-13(16-10)8-19-11-4-2-9(15)3-5-11/h2-6H,7-8H2,1H3. The van der Waals surface area contributed by atoms with Gasteiger partial charge in [0.1, 0.15) is 16.8 Å². The maximum atomic E-state index is 12.8. The molecule has 1 aromatic carbocycles. The van der Waals surface area contributed by atoms with Gasteiger partial charge in [-0.15, -0.1) is 11.8 Å².